The Bertz CT molecular complexity index is 1900. The lowest BCUT2D eigenvalue weighted by atomic mass is 9.78. The summed E-state index contributed by atoms with van der Waals surface area (Å²) in [5.41, 5.74) is 2.00. The van der Waals surface area contributed by atoms with Gasteiger partial charge in [0.15, 0.2) is 0 Å². The van der Waals surface area contributed by atoms with Gasteiger partial charge in [0.05, 0.1) is 23.0 Å². The van der Waals surface area contributed by atoms with Crippen LogP contribution >= 0.6 is 0 Å². The van der Waals surface area contributed by atoms with Gasteiger partial charge in [0.2, 0.25) is 5.91 Å². The summed E-state index contributed by atoms with van der Waals surface area (Å²) in [6.45, 7) is 3.56. The highest BCUT2D eigenvalue weighted by molar-refractivity contribution is 6.00. The van der Waals surface area contributed by atoms with E-state index < -0.39 is 34.6 Å². The van der Waals surface area contributed by atoms with Crippen molar-refractivity contribution in [2.45, 2.75) is 39.2 Å². The molecule has 4 atom stereocenters. The fourth-order valence-corrected chi connectivity index (χ4v) is 5.89. The molecule has 4 aromatic rings. The maximum Gasteiger partial charge on any atom is 0.355 e. The quantitative estimate of drug-likeness (QED) is 0.0825. The molecular formula is C34H30N2O10. The molecule has 1 saturated heterocycles. The summed E-state index contributed by atoms with van der Waals surface area (Å²) < 4.78 is 22.7. The third-order valence-corrected chi connectivity index (χ3v) is 8.34. The number of hydrogen-bond donors (Lipinski definition) is 1. The predicted molar refractivity (Wildman–Crippen MR) is 164 cm³/mol. The minimum atomic E-state index is -0.892. The van der Waals surface area contributed by atoms with Crippen LogP contribution in [0.2, 0.25) is 0 Å². The van der Waals surface area contributed by atoms with Crippen LogP contribution in [0, 0.1) is 22.0 Å². The zero-order valence-electron chi connectivity index (χ0n) is 25.0. The topological polar surface area (TPSA) is 159 Å². The van der Waals surface area contributed by atoms with Crippen molar-refractivity contribution in [1.82, 2.24) is 4.90 Å². The second-order valence-electron chi connectivity index (χ2n) is 11.3. The van der Waals surface area contributed by atoms with E-state index in [1.165, 1.54) is 35.2 Å². The number of nitro benzene ring substituents is 1. The molecule has 0 bridgehead atoms. The zero-order valence-corrected chi connectivity index (χ0v) is 25.0. The molecule has 2 aliphatic heterocycles. The Morgan fingerprint density at radius 1 is 0.935 bits per heavy atom. The Labute approximate surface area is 262 Å². The van der Waals surface area contributed by atoms with E-state index in [4.69, 9.17) is 18.6 Å². The van der Waals surface area contributed by atoms with Crippen LogP contribution in [0.3, 0.4) is 0 Å². The van der Waals surface area contributed by atoms with Crippen LogP contribution in [0.4, 0.5) is 5.69 Å². The molecule has 6 rings (SSSR count). The Balaban J connectivity index is 1.13. The van der Waals surface area contributed by atoms with Gasteiger partial charge in [-0.3, -0.25) is 14.9 Å². The molecule has 1 fully saturated rings. The average molecular weight is 627 g/mol. The molecule has 3 heterocycles. The zero-order chi connectivity index (χ0) is 32.5. The number of aliphatic hydroxyl groups is 1. The summed E-state index contributed by atoms with van der Waals surface area (Å²) in [6, 6.07) is 20.8. The number of nitrogens with zero attached hydrogens (tertiary/aromatic N) is 2. The molecule has 12 heteroatoms. The minimum Gasteiger partial charge on any atom is -0.489 e. The van der Waals surface area contributed by atoms with E-state index in [9.17, 15) is 29.6 Å². The first-order valence-corrected chi connectivity index (χ1v) is 14.6. The van der Waals surface area contributed by atoms with Gasteiger partial charge in [0, 0.05) is 41.1 Å². The molecule has 12 nitrogen and oxygen atoms in total. The second-order valence-corrected chi connectivity index (χ2v) is 11.3. The van der Waals surface area contributed by atoms with Gasteiger partial charge < -0.3 is 28.6 Å². The highest BCUT2D eigenvalue weighted by atomic mass is 16.6. The van der Waals surface area contributed by atoms with E-state index in [2.05, 4.69) is 0 Å². The number of hydrogen-bond acceptors (Lipinski definition) is 10. The molecule has 0 radical (unpaired) electrons. The van der Waals surface area contributed by atoms with Gasteiger partial charge in [-0.2, -0.15) is 0 Å². The molecule has 3 aromatic carbocycles. The van der Waals surface area contributed by atoms with Crippen molar-refractivity contribution >= 4 is 28.5 Å². The van der Waals surface area contributed by atoms with Gasteiger partial charge in [-0.05, 0) is 60.5 Å². The lowest BCUT2D eigenvalue weighted by molar-refractivity contribution is -0.384. The van der Waals surface area contributed by atoms with Crippen LogP contribution in [0.25, 0.3) is 11.0 Å². The Kier molecular flexibility index (Phi) is 8.29. The number of aliphatic hydroxyl groups excluding tert-OH is 1. The first-order valence-electron chi connectivity index (χ1n) is 14.6. The molecule has 46 heavy (non-hydrogen) atoms. The number of nitro groups is 1. The molecular weight excluding hydrogens is 596 g/mol. The number of fused-ring (bicyclic) bond motifs is 2. The standard InChI is InChI=1S/C34H30N2O10/c1-19-27(18-44-25-11-5-22(6-12-25)16-43-26-13-7-23-8-14-29(38)46-28(23)15-26)32(35-31(19)30(20(2)37)33(35)39)34(40)45-17-21-3-9-24(10-4-21)36(41)42/h3-15,19-20,30-31,37H,16-18H2,1-2H3/t19-,20+,30+,31+/m0/s1. The Hall–Kier alpha value is -5.49. The van der Waals surface area contributed by atoms with E-state index in [0.717, 1.165) is 10.9 Å². The van der Waals surface area contributed by atoms with Crippen LogP contribution in [-0.2, 0) is 27.5 Å². The third-order valence-electron chi connectivity index (χ3n) is 8.34. The molecule has 2 aliphatic rings. The number of rotatable bonds is 11. The van der Waals surface area contributed by atoms with Crippen molar-refractivity contribution in [3.8, 4) is 11.5 Å². The maximum absolute atomic E-state index is 13.4. The first-order chi connectivity index (χ1) is 22.1. The molecule has 0 spiro atoms. The first kappa shape index (κ1) is 30.5. The summed E-state index contributed by atoms with van der Waals surface area (Å²) in [5.74, 6) is -0.929. The van der Waals surface area contributed by atoms with Crippen molar-refractivity contribution in [2.24, 2.45) is 11.8 Å². The molecule has 1 N–H and O–H groups in total. The summed E-state index contributed by atoms with van der Waals surface area (Å²) in [7, 11) is 0. The lowest BCUT2D eigenvalue weighted by Crippen LogP contribution is -2.63. The fourth-order valence-electron chi connectivity index (χ4n) is 5.89. The number of benzene rings is 3. The number of β-lactam (4-membered cyclic amide) rings is 1. The number of esters is 1. The fraction of sp³-hybridized carbons (Fsp3) is 0.265. The second kappa shape index (κ2) is 12.5. The lowest BCUT2D eigenvalue weighted by Gasteiger charge is -2.46. The highest BCUT2D eigenvalue weighted by Crippen LogP contribution is 2.47. The van der Waals surface area contributed by atoms with Crippen LogP contribution in [0.5, 0.6) is 11.5 Å². The van der Waals surface area contributed by atoms with Gasteiger partial charge in [0.1, 0.15) is 42.6 Å². The smallest absolute Gasteiger partial charge is 0.355 e. The third kappa shape index (κ3) is 5.94. The number of carbonyl (C=O) groups is 2. The molecule has 0 saturated carbocycles. The highest BCUT2D eigenvalue weighted by Gasteiger charge is 2.60. The van der Waals surface area contributed by atoms with Crippen molar-refractivity contribution in [3.63, 3.8) is 0 Å². The molecule has 236 valence electrons. The van der Waals surface area contributed by atoms with Crippen LogP contribution in [0.1, 0.15) is 25.0 Å². The molecule has 0 aliphatic carbocycles. The van der Waals surface area contributed by atoms with Crippen molar-refractivity contribution in [2.75, 3.05) is 6.61 Å². The van der Waals surface area contributed by atoms with Gasteiger partial charge in [-0.1, -0.05) is 19.1 Å². The van der Waals surface area contributed by atoms with Crippen LogP contribution in [-0.4, -0.2) is 45.6 Å². The van der Waals surface area contributed by atoms with E-state index in [-0.39, 0.29) is 43.0 Å². The number of amides is 1. The molecule has 0 unspecified atom stereocenters. The summed E-state index contributed by atoms with van der Waals surface area (Å²) in [4.78, 5) is 49.7. The van der Waals surface area contributed by atoms with E-state index >= 15 is 0 Å². The number of carbonyl (C=O) groups excluding carboxylic acids is 2. The van der Waals surface area contributed by atoms with Gasteiger partial charge in [-0.25, -0.2) is 9.59 Å². The SMILES string of the molecule is C[C@@H](O)[C@H]1C(=O)N2C(C(=O)OCc3ccc([N+](=O)[O-])cc3)=C(COc3ccc(COc4ccc5ccc(=O)oc5c4)cc3)[C@H](C)[C@H]12. The van der Waals surface area contributed by atoms with E-state index in [1.807, 2.05) is 25.1 Å². The largest absolute Gasteiger partial charge is 0.489 e. The van der Waals surface area contributed by atoms with Gasteiger partial charge in [-0.15, -0.1) is 0 Å². The molecule has 1 aromatic heterocycles. The van der Waals surface area contributed by atoms with Gasteiger partial charge >= 0.3 is 11.6 Å². The summed E-state index contributed by atoms with van der Waals surface area (Å²) in [6.07, 6.45) is -0.892. The average Bonchev–Trinajstić information content (AvgIpc) is 3.29. The Morgan fingerprint density at radius 2 is 1.57 bits per heavy atom. The van der Waals surface area contributed by atoms with Crippen LogP contribution in [0.15, 0.2) is 99.3 Å². The van der Waals surface area contributed by atoms with E-state index in [0.29, 0.717) is 28.2 Å². The van der Waals surface area contributed by atoms with Crippen molar-refractivity contribution in [1.29, 1.82) is 0 Å². The van der Waals surface area contributed by atoms with E-state index in [1.54, 1.807) is 37.3 Å². The Morgan fingerprint density at radius 3 is 2.26 bits per heavy atom. The van der Waals surface area contributed by atoms with Crippen molar-refractivity contribution < 1.29 is 38.2 Å². The number of ether oxygens (including phenoxy) is 3. The monoisotopic (exact) mass is 626 g/mol. The van der Waals surface area contributed by atoms with Crippen molar-refractivity contribution in [3.05, 3.63) is 122 Å². The maximum atomic E-state index is 13.4. The van der Waals surface area contributed by atoms with Gasteiger partial charge in [0.25, 0.3) is 5.69 Å². The summed E-state index contributed by atoms with van der Waals surface area (Å²) in [5, 5.41) is 22.0. The molecule has 1 amide bonds. The normalized spacial score (nSPS) is 19.4. The minimum absolute atomic E-state index is 0.00802. The number of non-ortho nitro benzene ring substituents is 1. The predicted octanol–water partition coefficient (Wildman–Crippen LogP) is 4.51. The summed E-state index contributed by atoms with van der Waals surface area (Å²) >= 11 is 0. The van der Waals surface area contributed by atoms with Crippen LogP contribution < -0.4 is 15.1 Å².